The largest absolute Gasteiger partial charge is 0.453 e. The lowest BCUT2D eigenvalue weighted by Gasteiger charge is -2.14. The van der Waals surface area contributed by atoms with Gasteiger partial charge in [-0.1, -0.05) is 33.6 Å². The molecule has 0 bridgehead atoms. The Morgan fingerprint density at radius 3 is 2.61 bits per heavy atom. The molecule has 2 rings (SSSR count). The zero-order valence-corrected chi connectivity index (χ0v) is 13.6. The molecular formula is C13H12Br2ClNO. The van der Waals surface area contributed by atoms with E-state index in [4.69, 9.17) is 16.0 Å². The minimum Gasteiger partial charge on any atom is -0.453 e. The highest BCUT2D eigenvalue weighted by Crippen LogP contribution is 2.28. The highest BCUT2D eigenvalue weighted by atomic mass is 79.9. The van der Waals surface area contributed by atoms with Crippen LogP contribution in [0.1, 0.15) is 17.4 Å². The second kappa shape index (κ2) is 6.24. The number of benzene rings is 1. The van der Waals surface area contributed by atoms with Gasteiger partial charge in [0.05, 0.1) is 6.04 Å². The molecule has 18 heavy (non-hydrogen) atoms. The van der Waals surface area contributed by atoms with Crippen LogP contribution >= 0.6 is 43.5 Å². The quantitative estimate of drug-likeness (QED) is 0.794. The van der Waals surface area contributed by atoms with Crippen LogP contribution in [0.15, 0.2) is 43.9 Å². The van der Waals surface area contributed by atoms with Gasteiger partial charge in [-0.2, -0.15) is 0 Å². The van der Waals surface area contributed by atoms with Gasteiger partial charge in [-0.3, -0.25) is 0 Å². The van der Waals surface area contributed by atoms with Crippen LogP contribution in [0.3, 0.4) is 0 Å². The van der Waals surface area contributed by atoms with Gasteiger partial charge in [-0.25, -0.2) is 0 Å². The van der Waals surface area contributed by atoms with E-state index in [0.29, 0.717) is 0 Å². The summed E-state index contributed by atoms with van der Waals surface area (Å²) in [5.41, 5.74) is 1.09. The third-order valence-corrected chi connectivity index (χ3v) is 4.00. The Morgan fingerprint density at radius 1 is 1.28 bits per heavy atom. The number of likely N-dealkylation sites (N-methyl/N-ethyl adjacent to an activating group) is 1. The molecule has 2 aromatic rings. The van der Waals surface area contributed by atoms with E-state index in [1.165, 1.54) is 0 Å². The Bertz CT molecular complexity index is 542. The topological polar surface area (TPSA) is 25.2 Å². The maximum atomic E-state index is 6.23. The predicted octanol–water partition coefficient (Wildman–Crippen LogP) is 4.96. The number of furan rings is 1. The van der Waals surface area contributed by atoms with Gasteiger partial charge in [-0.05, 0) is 59.2 Å². The first-order valence-electron chi connectivity index (χ1n) is 5.46. The zero-order valence-electron chi connectivity index (χ0n) is 9.71. The highest BCUT2D eigenvalue weighted by Gasteiger charge is 2.15. The van der Waals surface area contributed by atoms with Crippen molar-refractivity contribution in [2.75, 3.05) is 7.05 Å². The van der Waals surface area contributed by atoms with E-state index in [1.54, 1.807) is 0 Å². The molecule has 1 N–H and O–H groups in total. The normalized spacial score (nSPS) is 12.7. The molecule has 96 valence electrons. The average molecular weight is 394 g/mol. The number of halogens is 3. The maximum Gasteiger partial charge on any atom is 0.169 e. The summed E-state index contributed by atoms with van der Waals surface area (Å²) in [5.74, 6) is 0.892. The van der Waals surface area contributed by atoms with E-state index in [0.717, 1.165) is 31.9 Å². The fraction of sp³-hybridized carbons (Fsp3) is 0.231. The van der Waals surface area contributed by atoms with Crippen LogP contribution in [0.25, 0.3) is 0 Å². The average Bonchev–Trinajstić information content (AvgIpc) is 2.75. The first-order chi connectivity index (χ1) is 8.60. The van der Waals surface area contributed by atoms with Crippen molar-refractivity contribution < 1.29 is 4.42 Å². The number of hydrogen-bond acceptors (Lipinski definition) is 2. The summed E-state index contributed by atoms with van der Waals surface area (Å²) < 4.78 is 7.29. The van der Waals surface area contributed by atoms with E-state index in [1.807, 2.05) is 37.4 Å². The molecule has 1 aromatic heterocycles. The number of nitrogens with one attached hydrogen (secondary N) is 1. The van der Waals surface area contributed by atoms with Crippen LogP contribution in [0, 0.1) is 0 Å². The van der Waals surface area contributed by atoms with Gasteiger partial charge in [0.15, 0.2) is 4.67 Å². The molecule has 1 heterocycles. The van der Waals surface area contributed by atoms with Gasteiger partial charge in [0.25, 0.3) is 0 Å². The van der Waals surface area contributed by atoms with Gasteiger partial charge in [-0.15, -0.1) is 0 Å². The molecule has 0 saturated carbocycles. The van der Waals surface area contributed by atoms with Crippen LogP contribution < -0.4 is 5.32 Å². The van der Waals surface area contributed by atoms with Crippen molar-refractivity contribution in [2.45, 2.75) is 12.5 Å². The molecule has 0 radical (unpaired) electrons. The standard InChI is InChI=1S/C13H12Br2ClNO/c1-17-11(12-4-5-13(15)18-12)6-8-2-3-9(14)7-10(8)16/h2-5,7,11,17H,6H2,1H3. The van der Waals surface area contributed by atoms with Gasteiger partial charge < -0.3 is 9.73 Å². The third kappa shape index (κ3) is 3.38. The van der Waals surface area contributed by atoms with Crippen LogP contribution in [-0.4, -0.2) is 7.05 Å². The second-order valence-electron chi connectivity index (χ2n) is 3.92. The lowest BCUT2D eigenvalue weighted by molar-refractivity contribution is 0.417. The molecule has 0 saturated heterocycles. The summed E-state index contributed by atoms with van der Waals surface area (Å²) in [5, 5.41) is 4.00. The highest BCUT2D eigenvalue weighted by molar-refractivity contribution is 9.10. The fourth-order valence-corrected chi connectivity index (χ4v) is 2.84. The van der Waals surface area contributed by atoms with Gasteiger partial charge in [0.1, 0.15) is 5.76 Å². The van der Waals surface area contributed by atoms with Crippen LogP contribution in [0.5, 0.6) is 0 Å². The maximum absolute atomic E-state index is 6.23. The molecule has 1 aromatic carbocycles. The van der Waals surface area contributed by atoms with E-state index in [-0.39, 0.29) is 6.04 Å². The van der Waals surface area contributed by atoms with Gasteiger partial charge in [0, 0.05) is 9.50 Å². The molecule has 1 unspecified atom stereocenters. The summed E-state index contributed by atoms with van der Waals surface area (Å²) in [7, 11) is 1.91. The van der Waals surface area contributed by atoms with Crippen molar-refractivity contribution in [3.8, 4) is 0 Å². The minimum atomic E-state index is 0.106. The van der Waals surface area contributed by atoms with E-state index in [2.05, 4.69) is 37.2 Å². The summed E-state index contributed by atoms with van der Waals surface area (Å²) in [4.78, 5) is 0. The molecule has 0 spiro atoms. The number of rotatable bonds is 4. The second-order valence-corrected chi connectivity index (χ2v) is 6.03. The Labute approximate surface area is 128 Å². The van der Waals surface area contributed by atoms with Crippen LogP contribution in [0.4, 0.5) is 0 Å². The van der Waals surface area contributed by atoms with Crippen molar-refractivity contribution in [3.63, 3.8) is 0 Å². The van der Waals surface area contributed by atoms with Crippen LogP contribution in [0.2, 0.25) is 5.02 Å². The molecule has 1 atom stereocenters. The number of hydrogen-bond donors (Lipinski definition) is 1. The summed E-state index contributed by atoms with van der Waals surface area (Å²) in [6.45, 7) is 0. The molecule has 0 fully saturated rings. The lowest BCUT2D eigenvalue weighted by Crippen LogP contribution is -2.18. The van der Waals surface area contributed by atoms with E-state index in [9.17, 15) is 0 Å². The van der Waals surface area contributed by atoms with Gasteiger partial charge >= 0.3 is 0 Å². The summed E-state index contributed by atoms with van der Waals surface area (Å²) >= 11 is 12.9. The first kappa shape index (κ1) is 14.1. The Kier molecular flexibility index (Phi) is 4.90. The van der Waals surface area contributed by atoms with E-state index < -0.39 is 0 Å². The monoisotopic (exact) mass is 391 g/mol. The molecular weight excluding hydrogens is 381 g/mol. The summed E-state index contributed by atoms with van der Waals surface area (Å²) in [6, 6.07) is 9.87. The SMILES string of the molecule is CNC(Cc1ccc(Br)cc1Cl)c1ccc(Br)o1. The molecule has 0 aliphatic heterocycles. The zero-order chi connectivity index (χ0) is 13.1. The molecule has 0 aliphatic carbocycles. The lowest BCUT2D eigenvalue weighted by atomic mass is 10.0. The van der Waals surface area contributed by atoms with Crippen molar-refractivity contribution in [2.24, 2.45) is 0 Å². The smallest absolute Gasteiger partial charge is 0.169 e. The van der Waals surface area contributed by atoms with Gasteiger partial charge in [0.2, 0.25) is 0 Å². The fourth-order valence-electron chi connectivity index (χ4n) is 1.77. The van der Waals surface area contributed by atoms with Crippen molar-refractivity contribution in [3.05, 3.63) is 55.8 Å². The van der Waals surface area contributed by atoms with Crippen molar-refractivity contribution >= 4 is 43.5 Å². The Hall–Kier alpha value is -0.290. The molecule has 5 heteroatoms. The minimum absolute atomic E-state index is 0.106. The Morgan fingerprint density at radius 2 is 2.06 bits per heavy atom. The Balaban J connectivity index is 2.20. The van der Waals surface area contributed by atoms with E-state index >= 15 is 0 Å². The molecule has 2 nitrogen and oxygen atoms in total. The van der Waals surface area contributed by atoms with Crippen molar-refractivity contribution in [1.29, 1.82) is 0 Å². The third-order valence-electron chi connectivity index (χ3n) is 2.73. The van der Waals surface area contributed by atoms with Crippen molar-refractivity contribution in [1.82, 2.24) is 5.32 Å². The summed E-state index contributed by atoms with van der Waals surface area (Å²) in [6.07, 6.45) is 0.780. The molecule has 0 aliphatic rings. The first-order valence-corrected chi connectivity index (χ1v) is 7.43. The predicted molar refractivity (Wildman–Crippen MR) is 81.1 cm³/mol. The molecule has 0 amide bonds. The van der Waals surface area contributed by atoms with Crippen LogP contribution in [-0.2, 0) is 6.42 Å².